The molecular weight excluding hydrogens is 439 g/mol. The van der Waals surface area contributed by atoms with E-state index in [9.17, 15) is 9.59 Å². The minimum atomic E-state index is -0.645. The van der Waals surface area contributed by atoms with Crippen LogP contribution in [-0.2, 0) is 6.54 Å². The molecule has 2 amide bonds. The number of nitrogens with two attached hydrogens (primary N) is 2. The van der Waals surface area contributed by atoms with Gasteiger partial charge in [0, 0.05) is 17.8 Å². The molecule has 3 aromatic rings. The first-order valence-corrected chi connectivity index (χ1v) is 9.33. The van der Waals surface area contributed by atoms with Crippen LogP contribution in [0.4, 0.5) is 5.69 Å². The number of hydrogen-bond donors (Lipinski definition) is 4. The lowest BCUT2D eigenvalue weighted by Gasteiger charge is -2.16. The van der Waals surface area contributed by atoms with E-state index < -0.39 is 11.8 Å². The molecule has 8 nitrogen and oxygen atoms in total. The number of nitrogen functional groups attached to an aromatic ring is 1. The van der Waals surface area contributed by atoms with Crippen LogP contribution >= 0.6 is 34.8 Å². The molecule has 1 aromatic carbocycles. The number of pyridine rings is 1. The molecule has 2 aromatic heterocycles. The van der Waals surface area contributed by atoms with E-state index >= 15 is 0 Å². The van der Waals surface area contributed by atoms with E-state index in [0.717, 1.165) is 0 Å². The highest BCUT2D eigenvalue weighted by Gasteiger charge is 2.23. The Labute approximate surface area is 180 Å². The number of rotatable bonds is 5. The summed E-state index contributed by atoms with van der Waals surface area (Å²) in [7, 11) is 0. The quantitative estimate of drug-likeness (QED) is 0.268. The third-order valence-corrected chi connectivity index (χ3v) is 5.00. The molecule has 0 unspecified atom stereocenters. The topological polar surface area (TPSA) is 128 Å². The van der Waals surface area contributed by atoms with Crippen molar-refractivity contribution in [3.05, 3.63) is 74.6 Å². The van der Waals surface area contributed by atoms with Crippen molar-refractivity contribution >= 4 is 52.3 Å². The molecule has 0 fully saturated rings. The Kier molecular flexibility index (Phi) is 6.41. The van der Waals surface area contributed by atoms with Crippen LogP contribution < -0.4 is 22.3 Å². The smallest absolute Gasteiger partial charge is 0.272 e. The summed E-state index contributed by atoms with van der Waals surface area (Å²) in [6.07, 6.45) is 1.55. The lowest BCUT2D eigenvalue weighted by Crippen LogP contribution is -2.31. The largest absolute Gasteiger partial charge is 0.326 e. The van der Waals surface area contributed by atoms with Crippen LogP contribution in [0.3, 0.4) is 0 Å². The van der Waals surface area contributed by atoms with Gasteiger partial charge in [-0.15, -0.1) is 0 Å². The van der Waals surface area contributed by atoms with E-state index in [-0.39, 0.29) is 38.7 Å². The Morgan fingerprint density at radius 1 is 1.10 bits per heavy atom. The van der Waals surface area contributed by atoms with E-state index in [1.165, 1.54) is 16.7 Å². The number of carbonyl (C=O) groups excluding carboxylic acids is 2. The van der Waals surface area contributed by atoms with Crippen molar-refractivity contribution in [1.82, 2.24) is 15.0 Å². The van der Waals surface area contributed by atoms with Crippen LogP contribution in [-0.4, -0.2) is 21.4 Å². The maximum atomic E-state index is 13.1. The fraction of sp³-hybridized carbons (Fsp3) is 0.0556. The Morgan fingerprint density at radius 3 is 2.48 bits per heavy atom. The molecule has 0 radical (unpaired) electrons. The fourth-order valence-corrected chi connectivity index (χ4v) is 3.40. The molecule has 150 valence electrons. The van der Waals surface area contributed by atoms with E-state index in [4.69, 9.17) is 46.4 Å². The van der Waals surface area contributed by atoms with Crippen molar-refractivity contribution in [2.45, 2.75) is 6.54 Å². The molecule has 0 saturated carbocycles. The van der Waals surface area contributed by atoms with Crippen LogP contribution in [0.15, 0.2) is 42.6 Å². The summed E-state index contributed by atoms with van der Waals surface area (Å²) >= 11 is 18.5. The van der Waals surface area contributed by atoms with Gasteiger partial charge in [-0.1, -0.05) is 40.9 Å². The zero-order valence-corrected chi connectivity index (χ0v) is 17.0. The van der Waals surface area contributed by atoms with Crippen LogP contribution in [0, 0.1) is 0 Å². The van der Waals surface area contributed by atoms with Gasteiger partial charge < -0.3 is 11.1 Å². The minimum absolute atomic E-state index is 0.0176. The third kappa shape index (κ3) is 4.21. The molecular formula is C18H15Cl3N6O2. The van der Waals surface area contributed by atoms with Gasteiger partial charge in [0.05, 0.1) is 16.3 Å². The maximum Gasteiger partial charge on any atom is 0.272 e. The molecule has 3 rings (SSSR count). The number of nitrogens with one attached hydrogen (secondary N) is 2. The fourth-order valence-electron chi connectivity index (χ4n) is 2.74. The summed E-state index contributed by atoms with van der Waals surface area (Å²) in [5.74, 6) is 4.40. The first-order valence-electron chi connectivity index (χ1n) is 8.20. The van der Waals surface area contributed by atoms with Crippen LogP contribution in [0.5, 0.6) is 0 Å². The second kappa shape index (κ2) is 8.81. The monoisotopic (exact) mass is 452 g/mol. The molecule has 0 atom stereocenters. The number of benzene rings is 1. The average Bonchev–Trinajstić information content (AvgIpc) is 3.03. The minimum Gasteiger partial charge on any atom is -0.326 e. The summed E-state index contributed by atoms with van der Waals surface area (Å²) in [6, 6.07) is 9.44. The van der Waals surface area contributed by atoms with Gasteiger partial charge in [0.15, 0.2) is 0 Å². The van der Waals surface area contributed by atoms with Crippen molar-refractivity contribution in [3.63, 3.8) is 0 Å². The summed E-state index contributed by atoms with van der Waals surface area (Å²) in [5, 5.41) is 3.23. The van der Waals surface area contributed by atoms with Crippen LogP contribution in [0.1, 0.15) is 26.4 Å². The number of aromatic nitrogens is 2. The summed E-state index contributed by atoms with van der Waals surface area (Å²) < 4.78 is 1.39. The molecule has 0 saturated heterocycles. The molecule has 11 heteroatoms. The lowest BCUT2D eigenvalue weighted by molar-refractivity contribution is 0.0954. The summed E-state index contributed by atoms with van der Waals surface area (Å²) in [4.78, 5) is 29.5. The number of hydrogen-bond acceptors (Lipinski definition) is 5. The number of halogens is 3. The normalized spacial score (nSPS) is 10.7. The van der Waals surface area contributed by atoms with Crippen LogP contribution in [0.25, 0.3) is 5.82 Å². The van der Waals surface area contributed by atoms with Crippen molar-refractivity contribution < 1.29 is 9.59 Å². The van der Waals surface area contributed by atoms with Gasteiger partial charge >= 0.3 is 0 Å². The van der Waals surface area contributed by atoms with E-state index in [2.05, 4.69) is 10.3 Å². The Morgan fingerprint density at radius 2 is 1.86 bits per heavy atom. The van der Waals surface area contributed by atoms with Crippen molar-refractivity contribution in [1.29, 1.82) is 0 Å². The molecule has 0 aliphatic heterocycles. The Bertz CT molecular complexity index is 1080. The first kappa shape index (κ1) is 21.1. The highest BCUT2D eigenvalue weighted by molar-refractivity contribution is 6.42. The summed E-state index contributed by atoms with van der Waals surface area (Å²) in [5.41, 5.74) is 8.56. The van der Waals surface area contributed by atoms with Gasteiger partial charge in [0.1, 0.15) is 16.7 Å². The highest BCUT2D eigenvalue weighted by atomic mass is 35.5. The molecule has 6 N–H and O–H groups in total. The van der Waals surface area contributed by atoms with E-state index in [1.807, 2.05) is 5.43 Å². The van der Waals surface area contributed by atoms with E-state index in [1.54, 1.807) is 30.5 Å². The molecule has 0 bridgehead atoms. The zero-order chi connectivity index (χ0) is 21.1. The SMILES string of the molecule is NCc1cc(Cl)cc(C(=O)NN)c1NC(=O)c1cc(Cl)c(Cl)n1-c1ccccn1. The average molecular weight is 454 g/mol. The van der Waals surface area contributed by atoms with Gasteiger partial charge in [0.2, 0.25) is 0 Å². The summed E-state index contributed by atoms with van der Waals surface area (Å²) in [6.45, 7) is 0.0176. The second-order valence-electron chi connectivity index (χ2n) is 5.81. The maximum absolute atomic E-state index is 13.1. The second-order valence-corrected chi connectivity index (χ2v) is 7.01. The van der Waals surface area contributed by atoms with Crippen LogP contribution in [0.2, 0.25) is 15.2 Å². The molecule has 0 aliphatic carbocycles. The zero-order valence-electron chi connectivity index (χ0n) is 14.7. The van der Waals surface area contributed by atoms with Gasteiger partial charge in [-0.25, -0.2) is 10.8 Å². The molecule has 2 heterocycles. The number of carbonyl (C=O) groups is 2. The number of amides is 2. The number of nitrogens with zero attached hydrogens (tertiary/aromatic N) is 2. The van der Waals surface area contributed by atoms with Crippen molar-refractivity contribution in [2.24, 2.45) is 11.6 Å². The van der Waals surface area contributed by atoms with Crippen molar-refractivity contribution in [3.8, 4) is 5.82 Å². The number of anilines is 1. The van der Waals surface area contributed by atoms with E-state index in [0.29, 0.717) is 11.4 Å². The van der Waals surface area contributed by atoms with Gasteiger partial charge in [0.25, 0.3) is 11.8 Å². The van der Waals surface area contributed by atoms with Gasteiger partial charge in [-0.2, -0.15) is 0 Å². The standard InChI is InChI=1S/C18H15Cl3N6O2/c19-10-5-9(8-22)15(11(6-10)17(28)26-23)25-18(29)13-7-12(20)16(21)27(13)14-3-1-2-4-24-14/h1-7H,8,22-23H2,(H,25,29)(H,26,28). The van der Waals surface area contributed by atoms with Gasteiger partial charge in [-0.3, -0.25) is 19.6 Å². The Hall–Kier alpha value is -2.62. The molecule has 0 aliphatic rings. The number of hydrazine groups is 1. The van der Waals surface area contributed by atoms with Crippen molar-refractivity contribution in [2.75, 3.05) is 5.32 Å². The highest BCUT2D eigenvalue weighted by Crippen LogP contribution is 2.31. The lowest BCUT2D eigenvalue weighted by atomic mass is 10.1. The first-order chi connectivity index (χ1) is 13.9. The molecule has 0 spiro atoms. The third-order valence-electron chi connectivity index (χ3n) is 4.03. The predicted molar refractivity (Wildman–Crippen MR) is 113 cm³/mol. The molecule has 29 heavy (non-hydrogen) atoms. The van der Waals surface area contributed by atoms with Gasteiger partial charge in [-0.05, 0) is 35.9 Å². The Balaban J connectivity index is 2.09. The predicted octanol–water partition coefficient (Wildman–Crippen LogP) is 3.15.